The van der Waals surface area contributed by atoms with Crippen molar-refractivity contribution in [3.05, 3.63) is 29.6 Å². The molecule has 33 heavy (non-hydrogen) atoms. The number of anilines is 3. The summed E-state index contributed by atoms with van der Waals surface area (Å²) in [7, 11) is 1.57. The van der Waals surface area contributed by atoms with Gasteiger partial charge in [0.25, 0.3) is 0 Å². The van der Waals surface area contributed by atoms with E-state index >= 15 is 0 Å². The van der Waals surface area contributed by atoms with Crippen LogP contribution in [-0.2, 0) is 16.8 Å². The summed E-state index contributed by atoms with van der Waals surface area (Å²) in [5.74, 6) is 0.813. The van der Waals surface area contributed by atoms with E-state index in [1.54, 1.807) is 7.11 Å². The third-order valence-corrected chi connectivity index (χ3v) is 5.73. The van der Waals surface area contributed by atoms with Crippen molar-refractivity contribution in [3.63, 3.8) is 0 Å². The van der Waals surface area contributed by atoms with Gasteiger partial charge in [-0.25, -0.2) is 4.98 Å². The quantitative estimate of drug-likeness (QED) is 0.693. The van der Waals surface area contributed by atoms with Crippen LogP contribution in [0.25, 0.3) is 0 Å². The molecule has 0 bridgehead atoms. The van der Waals surface area contributed by atoms with Crippen LogP contribution in [0.2, 0.25) is 0 Å². The van der Waals surface area contributed by atoms with Crippen LogP contribution >= 0.6 is 0 Å². The van der Waals surface area contributed by atoms with Gasteiger partial charge in [0.2, 0.25) is 5.88 Å². The summed E-state index contributed by atoms with van der Waals surface area (Å²) in [5, 5.41) is 9.63. The highest BCUT2D eigenvalue weighted by Crippen LogP contribution is 2.49. The van der Waals surface area contributed by atoms with Gasteiger partial charge in [-0.1, -0.05) is 13.8 Å². The number of alkyl halides is 3. The number of hydrogen-bond donors (Lipinski definition) is 1. The third kappa shape index (κ3) is 4.79. The minimum atomic E-state index is -4.52. The van der Waals surface area contributed by atoms with Gasteiger partial charge in [-0.05, 0) is 12.1 Å². The zero-order valence-electron chi connectivity index (χ0n) is 18.8. The second-order valence-corrected chi connectivity index (χ2v) is 8.63. The molecule has 1 aromatic carbocycles. The Bertz CT molecular complexity index is 1010. The molecular formula is C22H27F3N4O4. The first-order valence-corrected chi connectivity index (χ1v) is 10.6. The second-order valence-electron chi connectivity index (χ2n) is 8.63. The van der Waals surface area contributed by atoms with Crippen molar-refractivity contribution in [2.24, 2.45) is 0 Å². The Morgan fingerprint density at radius 3 is 2.55 bits per heavy atom. The number of aromatic nitrogens is 2. The summed E-state index contributed by atoms with van der Waals surface area (Å²) >= 11 is 0. The molecule has 0 aliphatic carbocycles. The Kier molecular flexibility index (Phi) is 6.28. The van der Waals surface area contributed by atoms with Crippen molar-refractivity contribution in [1.82, 2.24) is 9.97 Å². The van der Waals surface area contributed by atoms with Crippen molar-refractivity contribution in [2.45, 2.75) is 32.0 Å². The maximum Gasteiger partial charge on any atom is 0.422 e. The van der Waals surface area contributed by atoms with E-state index in [4.69, 9.17) is 14.2 Å². The van der Waals surface area contributed by atoms with Gasteiger partial charge in [0.15, 0.2) is 12.4 Å². The maximum atomic E-state index is 12.8. The fourth-order valence-corrected chi connectivity index (χ4v) is 4.24. The van der Waals surface area contributed by atoms with Crippen LogP contribution in [0.1, 0.15) is 25.2 Å². The normalized spacial score (nSPS) is 17.8. The van der Waals surface area contributed by atoms with E-state index < -0.39 is 24.8 Å². The minimum absolute atomic E-state index is 0.0162. The van der Waals surface area contributed by atoms with Crippen molar-refractivity contribution in [1.29, 1.82) is 0 Å². The van der Waals surface area contributed by atoms with Crippen LogP contribution in [0.3, 0.4) is 0 Å². The Morgan fingerprint density at radius 2 is 1.91 bits per heavy atom. The third-order valence-electron chi connectivity index (χ3n) is 5.73. The Hall–Kier alpha value is -2.79. The highest BCUT2D eigenvalue weighted by Gasteiger charge is 2.43. The fraction of sp³-hybridized carbons (Fsp3) is 0.545. The van der Waals surface area contributed by atoms with E-state index in [2.05, 4.69) is 14.9 Å². The maximum absolute atomic E-state index is 12.8. The Morgan fingerprint density at radius 1 is 1.18 bits per heavy atom. The lowest BCUT2D eigenvalue weighted by Crippen LogP contribution is -2.36. The van der Waals surface area contributed by atoms with Gasteiger partial charge >= 0.3 is 6.18 Å². The number of fused-ring (bicyclic) bond motifs is 1. The number of ether oxygens (including phenoxy) is 3. The summed E-state index contributed by atoms with van der Waals surface area (Å²) in [6, 6.07) is 5.82. The standard InChI is InChI=1S/C22H27F3N4O4/c1-21(2)12-29(15-5-4-14(10-16(15)31-3)28-6-8-32-9-7-28)19-18(21)20(27-17(11-30)26-19)33-13-22(23,24)25/h4-5,10,30H,6-9,11-13H2,1-3H3. The topological polar surface area (TPSA) is 80.2 Å². The average Bonchev–Trinajstić information content (AvgIpc) is 3.07. The molecule has 0 atom stereocenters. The van der Waals surface area contributed by atoms with Crippen LogP contribution < -0.4 is 19.3 Å². The number of aliphatic hydroxyl groups excluding tert-OH is 1. The number of aliphatic hydroxyl groups is 1. The number of nitrogens with zero attached hydrogens (tertiary/aromatic N) is 4. The van der Waals surface area contributed by atoms with E-state index in [-0.39, 0.29) is 11.7 Å². The summed E-state index contributed by atoms with van der Waals surface area (Å²) in [6.45, 7) is 5.04. The largest absolute Gasteiger partial charge is 0.494 e. The van der Waals surface area contributed by atoms with Crippen LogP contribution in [0.5, 0.6) is 11.6 Å². The molecule has 0 amide bonds. The number of hydrogen-bond acceptors (Lipinski definition) is 8. The lowest BCUT2D eigenvalue weighted by Gasteiger charge is -2.30. The first-order valence-electron chi connectivity index (χ1n) is 10.6. The van der Waals surface area contributed by atoms with E-state index in [9.17, 15) is 18.3 Å². The zero-order valence-corrected chi connectivity index (χ0v) is 18.8. The molecule has 8 nitrogen and oxygen atoms in total. The van der Waals surface area contributed by atoms with Gasteiger partial charge in [-0.3, -0.25) is 0 Å². The number of rotatable bonds is 6. The second kappa shape index (κ2) is 8.86. The molecule has 1 saturated heterocycles. The molecular weight excluding hydrogens is 441 g/mol. The molecule has 0 unspecified atom stereocenters. The van der Waals surface area contributed by atoms with Crippen LogP contribution in [0.4, 0.5) is 30.4 Å². The van der Waals surface area contributed by atoms with Crippen molar-refractivity contribution in [3.8, 4) is 11.6 Å². The molecule has 180 valence electrons. The highest BCUT2D eigenvalue weighted by molar-refractivity contribution is 5.77. The molecule has 2 aromatic rings. The van der Waals surface area contributed by atoms with Crippen LogP contribution in [0, 0.1) is 0 Å². The molecule has 11 heteroatoms. The van der Waals surface area contributed by atoms with E-state index in [0.717, 1.165) is 18.8 Å². The van der Waals surface area contributed by atoms with E-state index in [1.165, 1.54) is 0 Å². The lowest BCUT2D eigenvalue weighted by molar-refractivity contribution is -0.154. The van der Waals surface area contributed by atoms with Crippen molar-refractivity contribution < 1.29 is 32.5 Å². The van der Waals surface area contributed by atoms with Crippen LogP contribution in [-0.4, -0.2) is 67.8 Å². The molecule has 2 aliphatic heterocycles. The summed E-state index contributed by atoms with van der Waals surface area (Å²) < 4.78 is 54.7. The molecule has 2 aliphatic rings. The monoisotopic (exact) mass is 468 g/mol. The minimum Gasteiger partial charge on any atom is -0.494 e. The number of methoxy groups -OCH3 is 1. The SMILES string of the molecule is COc1cc(N2CCOCC2)ccc1N1CC(C)(C)c2c(OCC(F)(F)F)nc(CO)nc21. The number of morpholine rings is 1. The number of benzene rings is 1. The summed E-state index contributed by atoms with van der Waals surface area (Å²) in [5.41, 5.74) is 1.55. The van der Waals surface area contributed by atoms with E-state index in [0.29, 0.717) is 42.6 Å². The Labute approximate surface area is 189 Å². The van der Waals surface area contributed by atoms with E-state index in [1.807, 2.05) is 36.9 Å². The molecule has 0 spiro atoms. The molecule has 0 radical (unpaired) electrons. The van der Waals surface area contributed by atoms with Crippen molar-refractivity contribution in [2.75, 3.05) is 56.4 Å². The molecule has 1 N–H and O–H groups in total. The van der Waals surface area contributed by atoms with Gasteiger partial charge in [-0.15, -0.1) is 0 Å². The molecule has 3 heterocycles. The summed E-state index contributed by atoms with van der Waals surface area (Å²) in [4.78, 5) is 12.6. The fourth-order valence-electron chi connectivity index (χ4n) is 4.24. The summed E-state index contributed by atoms with van der Waals surface area (Å²) in [6.07, 6.45) is -4.52. The Balaban J connectivity index is 1.75. The smallest absolute Gasteiger partial charge is 0.422 e. The van der Waals surface area contributed by atoms with Crippen molar-refractivity contribution >= 4 is 17.2 Å². The lowest BCUT2D eigenvalue weighted by atomic mass is 9.88. The molecule has 4 rings (SSSR count). The predicted molar refractivity (Wildman–Crippen MR) is 116 cm³/mol. The molecule has 0 saturated carbocycles. The first kappa shape index (κ1) is 23.4. The van der Waals surface area contributed by atoms with Gasteiger partial charge in [0, 0.05) is 36.8 Å². The average molecular weight is 468 g/mol. The molecule has 1 fully saturated rings. The highest BCUT2D eigenvalue weighted by atomic mass is 19.4. The van der Waals surface area contributed by atoms with Gasteiger partial charge < -0.3 is 29.1 Å². The number of halogens is 3. The first-order chi connectivity index (χ1) is 15.6. The van der Waals surface area contributed by atoms with Gasteiger partial charge in [-0.2, -0.15) is 18.2 Å². The van der Waals surface area contributed by atoms with Gasteiger partial charge in [0.05, 0.1) is 31.6 Å². The van der Waals surface area contributed by atoms with Crippen LogP contribution in [0.15, 0.2) is 18.2 Å². The van der Waals surface area contributed by atoms with Gasteiger partial charge in [0.1, 0.15) is 18.2 Å². The predicted octanol–water partition coefficient (Wildman–Crippen LogP) is 3.18. The zero-order chi connectivity index (χ0) is 23.8. The molecule has 1 aromatic heterocycles.